The Kier molecular flexibility index (Phi) is 8.24. The maximum atomic E-state index is 6.39. The average molecular weight is 300 g/mol. The van der Waals surface area contributed by atoms with Crippen LogP contribution in [0.2, 0.25) is 5.02 Å². The molecule has 0 aliphatic carbocycles. The molecule has 1 aromatic rings. The van der Waals surface area contributed by atoms with Crippen LogP contribution < -0.4 is 5.32 Å². The first kappa shape index (κ1) is 17.5. The van der Waals surface area contributed by atoms with E-state index in [0.29, 0.717) is 6.04 Å². The summed E-state index contributed by atoms with van der Waals surface area (Å²) in [6.07, 6.45) is 8.84. The van der Waals surface area contributed by atoms with Gasteiger partial charge < -0.3 is 5.32 Å². The molecule has 0 radical (unpaired) electrons. The Hall–Kier alpha value is -0.540. The highest BCUT2D eigenvalue weighted by atomic mass is 35.5. The molecule has 1 atom stereocenters. The van der Waals surface area contributed by atoms with Gasteiger partial charge >= 0.3 is 0 Å². The van der Waals surface area contributed by atoms with Gasteiger partial charge in [-0.2, -0.15) is 5.10 Å². The van der Waals surface area contributed by atoms with Gasteiger partial charge in [-0.1, -0.05) is 50.6 Å². The number of hydrogen-bond donors (Lipinski definition) is 1. The molecule has 0 aliphatic heterocycles. The molecule has 0 bridgehead atoms. The average Bonchev–Trinajstić information content (AvgIpc) is 2.73. The number of likely N-dealkylation sites (N-methyl/N-ethyl adjacent to an activating group) is 1. The second-order valence-electron chi connectivity index (χ2n) is 5.55. The van der Waals surface area contributed by atoms with Crippen molar-refractivity contribution in [2.24, 2.45) is 0 Å². The molecule has 1 aromatic heterocycles. The van der Waals surface area contributed by atoms with Crippen LogP contribution in [0.4, 0.5) is 0 Å². The van der Waals surface area contributed by atoms with E-state index in [4.69, 9.17) is 11.6 Å². The molecule has 1 unspecified atom stereocenters. The standard InChI is InChI=1S/C16H30ClN3/c1-5-7-8-9-10-11-14(18-4)12-15-16(17)13(3)19-20(15)6-2/h14,18H,5-12H2,1-4H3. The molecule has 0 saturated carbocycles. The van der Waals surface area contributed by atoms with Gasteiger partial charge in [0, 0.05) is 19.0 Å². The Morgan fingerprint density at radius 2 is 1.90 bits per heavy atom. The lowest BCUT2D eigenvalue weighted by atomic mass is 10.0. The molecular formula is C16H30ClN3. The summed E-state index contributed by atoms with van der Waals surface area (Å²) in [4.78, 5) is 0. The van der Waals surface area contributed by atoms with Gasteiger partial charge in [-0.3, -0.25) is 4.68 Å². The van der Waals surface area contributed by atoms with Crippen molar-refractivity contribution in [3.63, 3.8) is 0 Å². The van der Waals surface area contributed by atoms with E-state index in [0.717, 1.165) is 23.7 Å². The van der Waals surface area contributed by atoms with Crippen LogP contribution in [0.5, 0.6) is 0 Å². The topological polar surface area (TPSA) is 29.9 Å². The number of rotatable bonds is 10. The quantitative estimate of drug-likeness (QED) is 0.651. The minimum Gasteiger partial charge on any atom is -0.317 e. The van der Waals surface area contributed by atoms with Crippen molar-refractivity contribution >= 4 is 11.6 Å². The summed E-state index contributed by atoms with van der Waals surface area (Å²) in [5.41, 5.74) is 2.13. The fourth-order valence-corrected chi connectivity index (χ4v) is 2.85. The zero-order chi connectivity index (χ0) is 15.0. The highest BCUT2D eigenvalue weighted by Gasteiger charge is 2.16. The fraction of sp³-hybridized carbons (Fsp3) is 0.812. The molecular weight excluding hydrogens is 270 g/mol. The number of aromatic nitrogens is 2. The minimum atomic E-state index is 0.496. The highest BCUT2D eigenvalue weighted by molar-refractivity contribution is 6.31. The van der Waals surface area contributed by atoms with Crippen LogP contribution in [0.1, 0.15) is 63.8 Å². The van der Waals surface area contributed by atoms with E-state index in [-0.39, 0.29) is 0 Å². The summed E-state index contributed by atoms with van der Waals surface area (Å²) >= 11 is 6.39. The third-order valence-electron chi connectivity index (χ3n) is 3.96. The van der Waals surface area contributed by atoms with Crippen LogP contribution in [0.15, 0.2) is 0 Å². The van der Waals surface area contributed by atoms with Crippen LogP contribution in [-0.4, -0.2) is 22.9 Å². The number of nitrogens with one attached hydrogen (secondary N) is 1. The van der Waals surface area contributed by atoms with Crippen molar-refractivity contribution in [3.05, 3.63) is 16.4 Å². The Morgan fingerprint density at radius 1 is 1.20 bits per heavy atom. The van der Waals surface area contributed by atoms with Crippen LogP contribution in [0, 0.1) is 6.92 Å². The number of halogens is 1. The first-order valence-corrected chi connectivity index (χ1v) is 8.40. The molecule has 116 valence electrons. The Bertz CT molecular complexity index is 387. The van der Waals surface area contributed by atoms with Crippen LogP contribution in [0.3, 0.4) is 0 Å². The second-order valence-corrected chi connectivity index (χ2v) is 5.93. The predicted octanol–water partition coefficient (Wildman–Crippen LogP) is 4.36. The zero-order valence-corrected chi connectivity index (χ0v) is 14.3. The summed E-state index contributed by atoms with van der Waals surface area (Å²) in [7, 11) is 2.05. The Labute approximate surface area is 129 Å². The second kappa shape index (κ2) is 9.41. The Balaban J connectivity index is 2.51. The SMILES string of the molecule is CCCCCCCC(Cc1c(Cl)c(C)nn1CC)NC. The van der Waals surface area contributed by atoms with E-state index >= 15 is 0 Å². The Morgan fingerprint density at radius 3 is 2.50 bits per heavy atom. The van der Waals surface area contributed by atoms with Gasteiger partial charge in [-0.15, -0.1) is 0 Å². The smallest absolute Gasteiger partial charge is 0.0847 e. The minimum absolute atomic E-state index is 0.496. The van der Waals surface area contributed by atoms with Crippen LogP contribution in [-0.2, 0) is 13.0 Å². The van der Waals surface area contributed by atoms with Gasteiger partial charge in [0.25, 0.3) is 0 Å². The molecule has 0 aromatic carbocycles. The van der Waals surface area contributed by atoms with Crippen molar-refractivity contribution in [2.45, 2.75) is 78.3 Å². The van der Waals surface area contributed by atoms with Crippen LogP contribution >= 0.6 is 11.6 Å². The highest BCUT2D eigenvalue weighted by Crippen LogP contribution is 2.22. The molecule has 1 N–H and O–H groups in total. The molecule has 0 fully saturated rings. The number of aryl methyl sites for hydroxylation is 2. The molecule has 1 heterocycles. The molecule has 0 saturated heterocycles. The van der Waals surface area contributed by atoms with E-state index in [1.807, 2.05) is 18.7 Å². The van der Waals surface area contributed by atoms with E-state index in [1.165, 1.54) is 44.2 Å². The summed E-state index contributed by atoms with van der Waals surface area (Å²) in [6.45, 7) is 7.24. The molecule has 1 rings (SSSR count). The monoisotopic (exact) mass is 299 g/mol. The van der Waals surface area contributed by atoms with E-state index in [1.54, 1.807) is 0 Å². The molecule has 0 amide bonds. The third-order valence-corrected chi connectivity index (χ3v) is 4.45. The van der Waals surface area contributed by atoms with Crippen molar-refractivity contribution in [1.29, 1.82) is 0 Å². The van der Waals surface area contributed by atoms with E-state index in [9.17, 15) is 0 Å². The van der Waals surface area contributed by atoms with E-state index < -0.39 is 0 Å². The van der Waals surface area contributed by atoms with Crippen molar-refractivity contribution in [2.75, 3.05) is 7.05 Å². The summed E-state index contributed by atoms with van der Waals surface area (Å²) in [5, 5.41) is 8.77. The lowest BCUT2D eigenvalue weighted by molar-refractivity contribution is 0.466. The molecule has 4 heteroatoms. The first-order valence-electron chi connectivity index (χ1n) is 8.03. The normalized spacial score (nSPS) is 12.8. The number of unbranched alkanes of at least 4 members (excludes halogenated alkanes) is 4. The van der Waals surface area contributed by atoms with E-state index in [2.05, 4.69) is 24.3 Å². The van der Waals surface area contributed by atoms with Gasteiger partial charge in [0.05, 0.1) is 16.4 Å². The number of hydrogen-bond acceptors (Lipinski definition) is 2. The summed E-state index contributed by atoms with van der Waals surface area (Å²) in [5.74, 6) is 0. The number of nitrogens with zero attached hydrogens (tertiary/aromatic N) is 2. The van der Waals surface area contributed by atoms with Crippen LogP contribution in [0.25, 0.3) is 0 Å². The maximum absolute atomic E-state index is 6.39. The van der Waals surface area contributed by atoms with Crippen molar-refractivity contribution < 1.29 is 0 Å². The lowest BCUT2D eigenvalue weighted by Gasteiger charge is -2.17. The summed E-state index contributed by atoms with van der Waals surface area (Å²) < 4.78 is 2.04. The predicted molar refractivity (Wildman–Crippen MR) is 87.6 cm³/mol. The van der Waals surface area contributed by atoms with Gasteiger partial charge in [0.15, 0.2) is 0 Å². The van der Waals surface area contributed by atoms with Gasteiger partial charge in [0.2, 0.25) is 0 Å². The van der Waals surface area contributed by atoms with Gasteiger partial charge in [0.1, 0.15) is 0 Å². The fourth-order valence-electron chi connectivity index (χ4n) is 2.64. The lowest BCUT2D eigenvalue weighted by Crippen LogP contribution is -2.28. The maximum Gasteiger partial charge on any atom is 0.0847 e. The molecule has 0 spiro atoms. The van der Waals surface area contributed by atoms with Gasteiger partial charge in [-0.05, 0) is 27.3 Å². The van der Waals surface area contributed by atoms with Gasteiger partial charge in [-0.25, -0.2) is 0 Å². The molecule has 3 nitrogen and oxygen atoms in total. The first-order chi connectivity index (χ1) is 9.63. The zero-order valence-electron chi connectivity index (χ0n) is 13.5. The molecule has 0 aliphatic rings. The molecule has 20 heavy (non-hydrogen) atoms. The third kappa shape index (κ3) is 5.10. The summed E-state index contributed by atoms with van der Waals surface area (Å²) in [6, 6.07) is 0.496. The van der Waals surface area contributed by atoms with Crippen molar-refractivity contribution in [3.8, 4) is 0 Å². The largest absolute Gasteiger partial charge is 0.317 e. The van der Waals surface area contributed by atoms with Crippen molar-refractivity contribution in [1.82, 2.24) is 15.1 Å².